The van der Waals surface area contributed by atoms with E-state index in [2.05, 4.69) is 45.2 Å². The normalized spacial score (nSPS) is 13.5. The lowest BCUT2D eigenvalue weighted by Gasteiger charge is -2.27. The first-order chi connectivity index (χ1) is 24.7. The van der Waals surface area contributed by atoms with Crippen molar-refractivity contribution in [1.29, 1.82) is 0 Å². The summed E-state index contributed by atoms with van der Waals surface area (Å²) < 4.78 is 36.6. The first-order valence-corrected chi connectivity index (χ1v) is 18.7. The summed E-state index contributed by atoms with van der Waals surface area (Å²) in [5, 5.41) is 1.73. The fourth-order valence-electron chi connectivity index (χ4n) is 5.40. The van der Waals surface area contributed by atoms with Crippen LogP contribution < -0.4 is 9.47 Å². The highest BCUT2D eigenvalue weighted by atomic mass is 32.2. The number of hydrogen-bond acceptors (Lipinski definition) is 9. The summed E-state index contributed by atoms with van der Waals surface area (Å²) >= 11 is 1.72. The minimum atomic E-state index is -0.634. The van der Waals surface area contributed by atoms with Crippen LogP contribution in [0, 0.1) is 0 Å². The molecule has 0 radical (unpaired) electrons. The molecule has 0 N–H and O–H groups in total. The maximum atomic E-state index is 12.6. The monoisotopic (exact) mass is 716 g/mol. The van der Waals surface area contributed by atoms with Crippen LogP contribution in [0.3, 0.4) is 0 Å². The van der Waals surface area contributed by atoms with Gasteiger partial charge in [-0.05, 0) is 50.1 Å². The highest BCUT2D eigenvalue weighted by molar-refractivity contribution is 8.03. The Balaban J connectivity index is 1.70. The van der Waals surface area contributed by atoms with E-state index in [1.54, 1.807) is 25.6 Å². The van der Waals surface area contributed by atoms with Crippen molar-refractivity contribution in [2.24, 2.45) is 0 Å². The lowest BCUT2D eigenvalue weighted by atomic mass is 9.90. The van der Waals surface area contributed by atoms with Crippen LogP contribution in [-0.2, 0) is 41.4 Å². The van der Waals surface area contributed by atoms with E-state index < -0.39 is 24.1 Å². The molecular formula is C42H52O8S. The summed E-state index contributed by atoms with van der Waals surface area (Å²) in [4.78, 5) is 27.5. The molecular weight excluding hydrogens is 665 g/mol. The number of allylic oxidation sites excluding steroid dienone is 2. The van der Waals surface area contributed by atoms with Crippen molar-refractivity contribution in [3.05, 3.63) is 101 Å². The van der Waals surface area contributed by atoms with E-state index in [0.717, 1.165) is 52.5 Å². The lowest BCUT2D eigenvalue weighted by molar-refractivity contribution is -0.150. The summed E-state index contributed by atoms with van der Waals surface area (Å²) in [6.45, 7) is 16.7. The van der Waals surface area contributed by atoms with Gasteiger partial charge in [0.1, 0.15) is 24.7 Å². The van der Waals surface area contributed by atoms with Crippen LogP contribution in [-0.4, -0.2) is 63.8 Å². The largest absolute Gasteiger partial charge is 0.489 e. The third-order valence-electron chi connectivity index (χ3n) is 8.17. The maximum Gasteiger partial charge on any atom is 0.333 e. The van der Waals surface area contributed by atoms with Crippen molar-refractivity contribution in [2.45, 2.75) is 83.3 Å². The number of carbonyl (C=O) groups excluding carboxylic acids is 2. The fourth-order valence-corrected chi connectivity index (χ4v) is 6.38. The van der Waals surface area contributed by atoms with Crippen molar-refractivity contribution < 1.29 is 38.0 Å². The number of thioether (sulfide) groups is 1. The van der Waals surface area contributed by atoms with Crippen LogP contribution in [0.15, 0.2) is 94.8 Å². The van der Waals surface area contributed by atoms with Crippen LogP contribution in [0.5, 0.6) is 11.5 Å². The molecule has 274 valence electrons. The van der Waals surface area contributed by atoms with Crippen LogP contribution >= 0.6 is 11.8 Å². The first-order valence-electron chi connectivity index (χ1n) is 17.8. The molecule has 0 aromatic heterocycles. The number of fused-ring (bicyclic) bond motifs is 2. The molecule has 1 aliphatic rings. The summed E-state index contributed by atoms with van der Waals surface area (Å²) in [5.41, 5.74) is 2.62. The second-order valence-corrected chi connectivity index (χ2v) is 13.9. The van der Waals surface area contributed by atoms with Crippen LogP contribution in [0.1, 0.15) is 64.5 Å². The molecule has 0 saturated carbocycles. The van der Waals surface area contributed by atoms with Gasteiger partial charge in [0.25, 0.3) is 0 Å². The van der Waals surface area contributed by atoms with Gasteiger partial charge in [0, 0.05) is 57.6 Å². The average molecular weight is 717 g/mol. The quantitative estimate of drug-likeness (QED) is 0.0574. The van der Waals surface area contributed by atoms with Gasteiger partial charge in [0.15, 0.2) is 12.2 Å². The average Bonchev–Trinajstić information content (AvgIpc) is 3.13. The van der Waals surface area contributed by atoms with E-state index >= 15 is 0 Å². The summed E-state index contributed by atoms with van der Waals surface area (Å²) in [6, 6.07) is 18.2. The van der Waals surface area contributed by atoms with Gasteiger partial charge < -0.3 is 28.4 Å². The Hall–Kier alpha value is -4.05. The number of unbranched alkanes of at least 4 members (excludes halogenated alkanes) is 2. The number of esters is 2. The minimum Gasteiger partial charge on any atom is -0.489 e. The fraction of sp³-hybridized carbons (Fsp3) is 0.429. The highest BCUT2D eigenvalue weighted by Gasteiger charge is 2.27. The highest BCUT2D eigenvalue weighted by Crippen LogP contribution is 2.46. The third-order valence-corrected chi connectivity index (χ3v) is 9.25. The number of benzene rings is 3. The van der Waals surface area contributed by atoms with Gasteiger partial charge in [-0.25, -0.2) is 9.59 Å². The maximum absolute atomic E-state index is 12.6. The second kappa shape index (κ2) is 20.7. The van der Waals surface area contributed by atoms with E-state index in [1.807, 2.05) is 42.5 Å². The standard InChI is InChI=1S/C42H52O8S/c1-7-9-22-45-25-31(49-41(43)29(3)4)27-47-39-35-18-14-15-19-36(35)40(48-28-32(26-46-23-10-8-2)50-42(44)30(5)6)38-24-34(20-21-37(38)39)51-33-16-12-11-13-17-33/h11-20,31-32H,3,5,7-10,21-28H2,1-2,4,6H3. The van der Waals surface area contributed by atoms with Gasteiger partial charge in [-0.15, -0.1) is 0 Å². The smallest absolute Gasteiger partial charge is 0.333 e. The van der Waals surface area contributed by atoms with Crippen molar-refractivity contribution in [3.8, 4) is 11.5 Å². The molecule has 9 heteroatoms. The zero-order valence-corrected chi connectivity index (χ0v) is 31.3. The Bertz CT molecular complexity index is 1660. The van der Waals surface area contributed by atoms with Crippen molar-refractivity contribution in [3.63, 3.8) is 0 Å². The van der Waals surface area contributed by atoms with Crippen LogP contribution in [0.4, 0.5) is 0 Å². The van der Waals surface area contributed by atoms with Gasteiger partial charge in [0.2, 0.25) is 0 Å². The zero-order valence-electron chi connectivity index (χ0n) is 30.5. The predicted octanol–water partition coefficient (Wildman–Crippen LogP) is 8.98. The molecule has 0 saturated heterocycles. The molecule has 0 bridgehead atoms. The van der Waals surface area contributed by atoms with E-state index in [1.165, 1.54) is 4.91 Å². The molecule has 0 amide bonds. The van der Waals surface area contributed by atoms with E-state index in [9.17, 15) is 9.59 Å². The molecule has 2 unspecified atom stereocenters. The van der Waals surface area contributed by atoms with E-state index in [-0.39, 0.29) is 26.4 Å². The van der Waals surface area contributed by atoms with Crippen molar-refractivity contribution in [2.75, 3.05) is 39.6 Å². The SMILES string of the molecule is C=C(C)C(=O)OC(COCCCC)COc1c2c(c(OCC(COCCCC)OC(=O)C(=C)C)c3ccccc13)CC(Sc1ccccc1)=CC2. The topological polar surface area (TPSA) is 89.5 Å². The minimum absolute atomic E-state index is 0.0979. The Labute approximate surface area is 307 Å². The van der Waals surface area contributed by atoms with Gasteiger partial charge in [-0.2, -0.15) is 0 Å². The second-order valence-electron chi connectivity index (χ2n) is 12.7. The Morgan fingerprint density at radius 1 is 0.706 bits per heavy atom. The molecule has 4 rings (SSSR count). The molecule has 0 aliphatic heterocycles. The molecule has 51 heavy (non-hydrogen) atoms. The van der Waals surface area contributed by atoms with Gasteiger partial charge in [-0.1, -0.05) is 100 Å². The van der Waals surface area contributed by atoms with Crippen LogP contribution in [0.25, 0.3) is 10.8 Å². The van der Waals surface area contributed by atoms with Gasteiger partial charge in [-0.3, -0.25) is 0 Å². The molecule has 1 aliphatic carbocycles. The Morgan fingerprint density at radius 2 is 1.20 bits per heavy atom. The Morgan fingerprint density at radius 3 is 1.69 bits per heavy atom. The number of hydrogen-bond donors (Lipinski definition) is 0. The van der Waals surface area contributed by atoms with Gasteiger partial charge >= 0.3 is 11.9 Å². The molecule has 0 spiro atoms. The van der Waals surface area contributed by atoms with Crippen LogP contribution in [0.2, 0.25) is 0 Å². The molecule has 3 aromatic rings. The number of ether oxygens (including phenoxy) is 6. The molecule has 0 fully saturated rings. The van der Waals surface area contributed by atoms with Crippen molar-refractivity contribution >= 4 is 34.5 Å². The summed E-state index contributed by atoms with van der Waals surface area (Å²) in [5.74, 6) is 0.462. The molecule has 8 nitrogen and oxygen atoms in total. The lowest BCUT2D eigenvalue weighted by Crippen LogP contribution is -2.31. The van der Waals surface area contributed by atoms with Crippen molar-refractivity contribution in [1.82, 2.24) is 0 Å². The van der Waals surface area contributed by atoms with E-state index in [0.29, 0.717) is 48.7 Å². The number of rotatable bonds is 22. The first kappa shape index (κ1) is 39.7. The van der Waals surface area contributed by atoms with Gasteiger partial charge in [0.05, 0.1) is 13.2 Å². The summed E-state index contributed by atoms with van der Waals surface area (Å²) in [6.07, 6.45) is 6.02. The summed E-state index contributed by atoms with van der Waals surface area (Å²) in [7, 11) is 0. The third kappa shape index (κ3) is 12.0. The van der Waals surface area contributed by atoms with E-state index in [4.69, 9.17) is 28.4 Å². The molecule has 2 atom stereocenters. The predicted molar refractivity (Wildman–Crippen MR) is 204 cm³/mol. The zero-order chi connectivity index (χ0) is 36.6. The molecule has 3 aromatic carbocycles. The Kier molecular flexibility index (Phi) is 16.1. The number of carbonyl (C=O) groups is 2. The molecule has 0 heterocycles.